The molecular weight excluding hydrogens is 154 g/mol. The maximum absolute atomic E-state index is 11.0. The number of rotatable bonds is 2. The molecule has 70 valence electrons. The van der Waals surface area contributed by atoms with E-state index >= 15 is 0 Å². The Morgan fingerprint density at radius 1 is 1.67 bits per heavy atom. The smallest absolute Gasteiger partial charge is 0.219 e. The zero-order chi connectivity index (χ0) is 8.60. The molecule has 3 nitrogen and oxygen atoms in total. The fraction of sp³-hybridized carbons (Fsp3) is 0.889. The molecule has 12 heavy (non-hydrogen) atoms. The van der Waals surface area contributed by atoms with Crippen LogP contribution in [0.5, 0.6) is 0 Å². The largest absolute Gasteiger partial charge is 0.380 e. The molecule has 1 N–H and O–H groups in total. The van der Waals surface area contributed by atoms with E-state index in [2.05, 4.69) is 5.32 Å². The molecule has 0 atom stereocenters. The lowest BCUT2D eigenvalue weighted by Gasteiger charge is -2.53. The van der Waals surface area contributed by atoms with E-state index in [-0.39, 0.29) is 7.33 Å². The molecule has 0 radical (unpaired) electrons. The number of carbonyl (C=O) groups is 1. The Morgan fingerprint density at radius 2 is 2.33 bits per heavy atom. The van der Waals surface area contributed by atoms with Gasteiger partial charge in [-0.2, -0.15) is 0 Å². The molecule has 1 amide bonds. The Hall–Kier alpha value is -0.570. The zero-order valence-electron chi connectivity index (χ0n) is 7.43. The highest BCUT2D eigenvalue weighted by Gasteiger charge is 2.49. The summed E-state index contributed by atoms with van der Waals surface area (Å²) >= 11 is 0. The molecule has 1 heterocycles. The number of hydrogen-bond acceptors (Lipinski definition) is 2. The molecule has 0 aromatic heterocycles. The van der Waals surface area contributed by atoms with Crippen molar-refractivity contribution in [2.75, 3.05) is 13.2 Å². The number of ether oxygens (including phenoxy) is 1. The molecule has 0 aromatic carbocycles. The molecule has 2 fully saturated rings. The van der Waals surface area contributed by atoms with E-state index in [0.717, 1.165) is 26.1 Å². The maximum Gasteiger partial charge on any atom is 0.219 e. The molecule has 1 aliphatic carbocycles. The molecule has 2 aliphatic rings. The summed E-state index contributed by atoms with van der Waals surface area (Å²) in [5.41, 5.74) is 0.464. The Morgan fingerprint density at radius 3 is 2.75 bits per heavy atom. The lowest BCUT2D eigenvalue weighted by atomic mass is 9.64. The third-order valence-electron chi connectivity index (χ3n) is 2.86. The summed E-state index contributed by atoms with van der Waals surface area (Å²) in [7, 11) is 0. The highest BCUT2D eigenvalue weighted by Crippen LogP contribution is 2.46. The van der Waals surface area contributed by atoms with E-state index in [1.807, 2.05) is 6.92 Å². The predicted molar refractivity (Wildman–Crippen MR) is 46.8 cm³/mol. The molecule has 0 bridgehead atoms. The predicted octanol–water partition coefficient (Wildman–Crippen LogP) is 0.938. The Labute approximate surface area is 74.0 Å². The number of nitrogens with one attached hydrogen (secondary N) is 1. The van der Waals surface area contributed by atoms with Gasteiger partial charge >= 0.3 is 0 Å². The summed E-state index contributed by atoms with van der Waals surface area (Å²) in [6.07, 6.45) is 2.84. The summed E-state index contributed by atoms with van der Waals surface area (Å²) in [6, 6.07) is 0.432. The monoisotopic (exact) mass is 171 g/mol. The van der Waals surface area contributed by atoms with Gasteiger partial charge in [0.25, 0.3) is 0 Å². The molecule has 0 unspecified atom stereocenters. The maximum atomic E-state index is 11.0. The van der Waals surface area contributed by atoms with Crippen molar-refractivity contribution < 1.29 is 11.0 Å². The van der Waals surface area contributed by atoms with Gasteiger partial charge in [0.05, 0.1) is 13.2 Å². The van der Waals surface area contributed by atoms with Crippen LogP contribution >= 0.6 is 0 Å². The third kappa shape index (κ3) is 1.22. The first-order chi connectivity index (χ1) is 5.74. The van der Waals surface area contributed by atoms with Crippen LogP contribution in [-0.4, -0.2) is 25.2 Å². The lowest BCUT2D eigenvalue weighted by molar-refractivity contribution is -0.169. The third-order valence-corrected chi connectivity index (χ3v) is 2.86. The molecule has 1 saturated heterocycles. The molecular formula is C9H17NO2. The van der Waals surface area contributed by atoms with Crippen LogP contribution in [0.2, 0.25) is 0 Å². The summed E-state index contributed by atoms with van der Waals surface area (Å²) in [5, 5.41) is 2.99. The van der Waals surface area contributed by atoms with Crippen LogP contribution in [0.25, 0.3) is 0 Å². The van der Waals surface area contributed by atoms with Crippen molar-refractivity contribution in [1.82, 2.24) is 5.32 Å². The number of hydrogen-bond donors (Lipinski definition) is 1. The lowest BCUT2D eigenvalue weighted by Crippen LogP contribution is -2.59. The van der Waals surface area contributed by atoms with Crippen molar-refractivity contribution in [3.8, 4) is 0 Å². The summed E-state index contributed by atoms with van der Waals surface area (Å²) in [6.45, 7) is 3.70. The van der Waals surface area contributed by atoms with Gasteiger partial charge in [0.15, 0.2) is 0 Å². The van der Waals surface area contributed by atoms with Gasteiger partial charge in [-0.15, -0.1) is 0 Å². The molecule has 1 spiro atoms. The van der Waals surface area contributed by atoms with Gasteiger partial charge in [-0.25, -0.2) is 0 Å². The van der Waals surface area contributed by atoms with E-state index in [1.54, 1.807) is 0 Å². The number of carbonyl (C=O) groups excluding carboxylic acids is 1. The van der Waals surface area contributed by atoms with Gasteiger partial charge in [0.2, 0.25) is 5.91 Å². The number of amides is 1. The van der Waals surface area contributed by atoms with Gasteiger partial charge in [0, 0.05) is 19.3 Å². The molecule has 1 aliphatic heterocycles. The minimum atomic E-state index is 0. The van der Waals surface area contributed by atoms with Crippen LogP contribution in [0, 0.1) is 5.41 Å². The molecule has 1 saturated carbocycles. The Bertz CT molecular complexity index is 196. The highest BCUT2D eigenvalue weighted by atomic mass is 16.5. The molecule has 3 heteroatoms. The van der Waals surface area contributed by atoms with E-state index in [9.17, 15) is 4.79 Å². The average Bonchev–Trinajstić information content (AvgIpc) is 1.91. The SMILES string of the molecule is CCC(=O)NC1CC2(COC2)C1.[HH]. The quantitative estimate of drug-likeness (QED) is 0.671. The first-order valence-corrected chi connectivity index (χ1v) is 4.61. The summed E-state index contributed by atoms with van der Waals surface area (Å²) in [4.78, 5) is 11.0. The summed E-state index contributed by atoms with van der Waals surface area (Å²) in [5.74, 6) is 0.176. The first kappa shape index (κ1) is 8.05. The normalized spacial score (nSPS) is 26.1. The Kier molecular flexibility index (Phi) is 1.83. The van der Waals surface area contributed by atoms with E-state index in [0.29, 0.717) is 17.9 Å². The van der Waals surface area contributed by atoms with Crippen LogP contribution in [-0.2, 0) is 9.53 Å². The second-order valence-corrected chi connectivity index (χ2v) is 4.02. The van der Waals surface area contributed by atoms with Crippen molar-refractivity contribution in [2.24, 2.45) is 5.41 Å². The van der Waals surface area contributed by atoms with E-state index in [1.165, 1.54) is 0 Å². The standard InChI is InChI=1S/C9H15NO2.H2/c1-2-8(11)10-7-3-9(4-7)5-12-6-9;/h7H,2-6H2,1H3,(H,10,11);1H. The fourth-order valence-electron chi connectivity index (χ4n) is 2.04. The van der Waals surface area contributed by atoms with E-state index in [4.69, 9.17) is 4.74 Å². The van der Waals surface area contributed by atoms with Crippen LogP contribution in [0.1, 0.15) is 27.6 Å². The molecule has 0 aromatic rings. The van der Waals surface area contributed by atoms with Crippen molar-refractivity contribution in [2.45, 2.75) is 32.2 Å². The van der Waals surface area contributed by atoms with Crippen LogP contribution in [0.4, 0.5) is 0 Å². The minimum absolute atomic E-state index is 0. The van der Waals surface area contributed by atoms with Gasteiger partial charge in [-0.05, 0) is 12.8 Å². The van der Waals surface area contributed by atoms with Crippen LogP contribution < -0.4 is 5.32 Å². The topological polar surface area (TPSA) is 38.3 Å². The Balaban J connectivity index is 0.000000845. The van der Waals surface area contributed by atoms with Gasteiger partial charge in [-0.1, -0.05) is 6.92 Å². The second-order valence-electron chi connectivity index (χ2n) is 4.02. The van der Waals surface area contributed by atoms with Crippen molar-refractivity contribution >= 4 is 5.91 Å². The van der Waals surface area contributed by atoms with Gasteiger partial charge in [0.1, 0.15) is 0 Å². The minimum Gasteiger partial charge on any atom is -0.380 e. The summed E-state index contributed by atoms with van der Waals surface area (Å²) < 4.78 is 5.15. The fourth-order valence-corrected chi connectivity index (χ4v) is 2.04. The average molecular weight is 171 g/mol. The molecule has 2 rings (SSSR count). The van der Waals surface area contributed by atoms with Gasteiger partial charge in [-0.3, -0.25) is 4.79 Å². The zero-order valence-corrected chi connectivity index (χ0v) is 7.43. The van der Waals surface area contributed by atoms with Crippen LogP contribution in [0.15, 0.2) is 0 Å². The van der Waals surface area contributed by atoms with E-state index < -0.39 is 0 Å². The van der Waals surface area contributed by atoms with Crippen molar-refractivity contribution in [3.05, 3.63) is 0 Å². The highest BCUT2D eigenvalue weighted by molar-refractivity contribution is 5.75. The van der Waals surface area contributed by atoms with Crippen LogP contribution in [0.3, 0.4) is 0 Å². The van der Waals surface area contributed by atoms with Gasteiger partial charge < -0.3 is 10.1 Å². The van der Waals surface area contributed by atoms with Crippen molar-refractivity contribution in [3.63, 3.8) is 0 Å². The first-order valence-electron chi connectivity index (χ1n) is 4.61. The van der Waals surface area contributed by atoms with Crippen molar-refractivity contribution in [1.29, 1.82) is 0 Å². The second kappa shape index (κ2) is 2.73.